The molecule has 0 fully saturated rings. The van der Waals surface area contributed by atoms with Gasteiger partial charge >= 0.3 is 21.7 Å². The molecule has 0 aromatic heterocycles. The van der Waals surface area contributed by atoms with E-state index in [0.29, 0.717) is 4.75 Å². The van der Waals surface area contributed by atoms with Gasteiger partial charge in [-0.1, -0.05) is 37.1 Å². The van der Waals surface area contributed by atoms with Gasteiger partial charge in [-0.3, -0.25) is 6.08 Å². The molecule has 2 aliphatic carbocycles. The average molecular weight is 378 g/mol. The van der Waals surface area contributed by atoms with Gasteiger partial charge in [0.1, 0.15) is 0 Å². The van der Waals surface area contributed by atoms with E-state index in [1.165, 1.54) is 36.2 Å². The normalized spacial score (nSPS) is 22.6. The third-order valence-corrected chi connectivity index (χ3v) is 5.45. The largest absolute Gasteiger partial charge is 3.00 e. The maximum atomic E-state index is 3.48. The van der Waals surface area contributed by atoms with Crippen LogP contribution in [0.2, 0.25) is 0 Å². The first-order chi connectivity index (χ1) is 8.77. The molecule has 0 heterocycles. The van der Waals surface area contributed by atoms with Crippen LogP contribution < -0.4 is 24.8 Å². The van der Waals surface area contributed by atoms with E-state index in [9.17, 15) is 0 Å². The fourth-order valence-corrected chi connectivity index (χ4v) is 4.10. The summed E-state index contributed by atoms with van der Waals surface area (Å²) < 4.78 is 0.293. The Morgan fingerprint density at radius 2 is 2.05 bits per heavy atom. The van der Waals surface area contributed by atoms with E-state index in [4.69, 9.17) is 0 Å². The summed E-state index contributed by atoms with van der Waals surface area (Å²) in [6.07, 6.45) is 20.7. The summed E-state index contributed by atoms with van der Waals surface area (Å²) in [7, 11) is 0. The zero-order valence-electron chi connectivity index (χ0n) is 12.8. The van der Waals surface area contributed by atoms with Crippen LogP contribution in [-0.4, -0.2) is 10.5 Å². The topological polar surface area (TPSA) is 0 Å². The maximum Gasteiger partial charge on any atom is 3.00 e. The second-order valence-corrected chi connectivity index (χ2v) is 6.64. The molecule has 4 heteroatoms. The molecule has 0 saturated carbocycles. The molecule has 2 rings (SSSR count). The number of allylic oxidation sites excluding steroid dienone is 7. The minimum absolute atomic E-state index is 0. The molecular weight excluding hydrogens is 355 g/mol. The van der Waals surface area contributed by atoms with Crippen molar-refractivity contribution in [3.8, 4) is 0 Å². The van der Waals surface area contributed by atoms with Gasteiger partial charge in [0, 0.05) is 4.75 Å². The quantitative estimate of drug-likeness (QED) is 0.333. The molecule has 2 aliphatic rings. The molecule has 0 aromatic carbocycles. The zero-order valence-corrected chi connectivity index (χ0v) is 16.7. The minimum Gasteiger partial charge on any atom is -1.00 e. The molecule has 0 spiro atoms. The number of unbranched alkanes of at least 4 members (excludes halogenated alkanes) is 1. The molecule has 0 nitrogen and oxygen atoms in total. The van der Waals surface area contributed by atoms with Crippen molar-refractivity contribution in [2.75, 3.05) is 5.75 Å². The van der Waals surface area contributed by atoms with Crippen LogP contribution >= 0.6 is 11.8 Å². The molecule has 1 radical (unpaired) electrons. The van der Waals surface area contributed by atoms with E-state index in [-0.39, 0.29) is 46.5 Å². The van der Waals surface area contributed by atoms with Crippen LogP contribution in [0, 0.1) is 6.08 Å². The van der Waals surface area contributed by atoms with Crippen molar-refractivity contribution in [2.45, 2.75) is 50.7 Å². The van der Waals surface area contributed by atoms with Gasteiger partial charge in [0.15, 0.2) is 0 Å². The maximum absolute atomic E-state index is 3.48. The summed E-state index contributed by atoms with van der Waals surface area (Å²) in [6, 6.07) is 0. The van der Waals surface area contributed by atoms with Gasteiger partial charge in [-0.15, -0.1) is 6.42 Å². The van der Waals surface area contributed by atoms with Crippen molar-refractivity contribution in [1.82, 2.24) is 0 Å². The average Bonchev–Trinajstić information content (AvgIpc) is 2.86. The van der Waals surface area contributed by atoms with E-state index in [1.54, 1.807) is 0 Å². The van der Waals surface area contributed by atoms with Gasteiger partial charge in [-0.05, 0) is 31.9 Å². The van der Waals surface area contributed by atoms with E-state index in [1.807, 2.05) is 0 Å². The summed E-state index contributed by atoms with van der Waals surface area (Å²) >= 11 is 2.15. The second-order valence-electron chi connectivity index (χ2n) is 5.16. The summed E-state index contributed by atoms with van der Waals surface area (Å²) in [6.45, 7) is 4.56. The van der Waals surface area contributed by atoms with Gasteiger partial charge < -0.3 is 24.8 Å². The second kappa shape index (κ2) is 12.1. The first-order valence-electron chi connectivity index (χ1n) is 7.01. The molecule has 0 bridgehead atoms. The molecule has 0 saturated heterocycles. The Kier molecular flexibility index (Phi) is 13.7. The molecule has 1 atom stereocenters. The molecule has 115 valence electrons. The summed E-state index contributed by atoms with van der Waals surface area (Å²) in [5, 5.41) is 0. The fourth-order valence-electron chi connectivity index (χ4n) is 2.51. The zero-order chi connectivity index (χ0) is 12.8. The monoisotopic (exact) mass is 377 g/mol. The van der Waals surface area contributed by atoms with Crippen LogP contribution in [0.5, 0.6) is 0 Å². The third kappa shape index (κ3) is 6.71. The van der Waals surface area contributed by atoms with Crippen LogP contribution in [0.3, 0.4) is 0 Å². The van der Waals surface area contributed by atoms with Crippen molar-refractivity contribution in [3.05, 3.63) is 47.6 Å². The van der Waals surface area contributed by atoms with Crippen molar-refractivity contribution in [1.29, 1.82) is 0 Å². The Hall–Kier alpha value is 0.604. The SMILES string of the molecule is CCCCSC1(CC2=[C-]CC=C2)CC=CC=C1C.[Cl-].[Cl-].[Ti+3]. The Morgan fingerprint density at radius 3 is 2.62 bits per heavy atom. The first-order valence-corrected chi connectivity index (χ1v) is 7.99. The van der Waals surface area contributed by atoms with Crippen LogP contribution in [0.4, 0.5) is 0 Å². The van der Waals surface area contributed by atoms with Gasteiger partial charge in [-0.2, -0.15) is 17.8 Å². The van der Waals surface area contributed by atoms with Crippen molar-refractivity contribution < 1.29 is 46.5 Å². The molecule has 0 aliphatic heterocycles. The van der Waals surface area contributed by atoms with E-state index >= 15 is 0 Å². The Bertz CT molecular complexity index is 413. The minimum atomic E-state index is 0. The Morgan fingerprint density at radius 1 is 1.29 bits per heavy atom. The van der Waals surface area contributed by atoms with Gasteiger partial charge in [-0.25, -0.2) is 11.6 Å². The van der Waals surface area contributed by atoms with E-state index in [2.05, 4.69) is 62.1 Å². The van der Waals surface area contributed by atoms with Crippen LogP contribution in [0.1, 0.15) is 46.0 Å². The molecule has 0 N–H and O–H groups in total. The predicted molar refractivity (Wildman–Crippen MR) is 82.7 cm³/mol. The predicted octanol–water partition coefficient (Wildman–Crippen LogP) is -0.750. The fraction of sp³-hybridized carbons (Fsp3) is 0.529. The Balaban J connectivity index is 0. The molecule has 1 unspecified atom stereocenters. The van der Waals surface area contributed by atoms with Crippen LogP contribution in [-0.2, 0) is 21.7 Å². The summed E-state index contributed by atoms with van der Waals surface area (Å²) in [5.41, 5.74) is 2.93. The van der Waals surface area contributed by atoms with Gasteiger partial charge in [0.2, 0.25) is 0 Å². The molecular formula is C17H23Cl2STi. The van der Waals surface area contributed by atoms with Crippen LogP contribution in [0.25, 0.3) is 0 Å². The number of halogens is 2. The smallest absolute Gasteiger partial charge is 1.00 e. The van der Waals surface area contributed by atoms with Crippen molar-refractivity contribution in [2.24, 2.45) is 0 Å². The van der Waals surface area contributed by atoms with Crippen LogP contribution in [0.15, 0.2) is 41.5 Å². The molecule has 21 heavy (non-hydrogen) atoms. The summed E-state index contributed by atoms with van der Waals surface area (Å²) in [5.74, 6) is 1.27. The number of thioether (sulfide) groups is 1. The van der Waals surface area contributed by atoms with Crippen molar-refractivity contribution >= 4 is 11.8 Å². The molecule has 0 aromatic rings. The van der Waals surface area contributed by atoms with E-state index in [0.717, 1.165) is 12.8 Å². The van der Waals surface area contributed by atoms with E-state index < -0.39 is 0 Å². The van der Waals surface area contributed by atoms with Gasteiger partial charge in [0.25, 0.3) is 0 Å². The summed E-state index contributed by atoms with van der Waals surface area (Å²) in [4.78, 5) is 0. The first kappa shape index (κ1) is 23.9. The van der Waals surface area contributed by atoms with Crippen molar-refractivity contribution in [3.63, 3.8) is 0 Å². The van der Waals surface area contributed by atoms with Gasteiger partial charge in [0.05, 0.1) is 0 Å². The number of rotatable bonds is 6. The Labute approximate surface area is 161 Å². The third-order valence-electron chi connectivity index (χ3n) is 3.77. The molecule has 0 amide bonds. The standard InChI is InChI=1S/C17H23S.2ClH.Ti/c1-3-4-13-18-17(12-8-7-9-15(17)2)14-16-10-5-6-11-16;;;/h5,7-10H,3-4,6,12-14H2,1-2H3;2*1H;/q-1;;;+3/p-2. The number of hydrogen-bond donors (Lipinski definition) is 0. The number of hydrogen-bond acceptors (Lipinski definition) is 1.